The molecule has 0 atom stereocenters. The number of carbonyl (C=O) groups excluding carboxylic acids is 1. The molecule has 2 aromatic rings. The molecule has 0 radical (unpaired) electrons. The summed E-state index contributed by atoms with van der Waals surface area (Å²) in [7, 11) is 0. The molecule has 1 aromatic carbocycles. The van der Waals surface area contributed by atoms with Gasteiger partial charge < -0.3 is 0 Å². The van der Waals surface area contributed by atoms with Gasteiger partial charge in [0.05, 0.1) is 4.88 Å². The van der Waals surface area contributed by atoms with E-state index < -0.39 is 0 Å². The van der Waals surface area contributed by atoms with E-state index >= 15 is 0 Å². The molecule has 0 aliphatic heterocycles. The van der Waals surface area contributed by atoms with Crippen molar-refractivity contribution in [1.82, 2.24) is 0 Å². The molecule has 0 saturated heterocycles. The van der Waals surface area contributed by atoms with Crippen molar-refractivity contribution in [3.8, 4) is 0 Å². The monoisotopic (exact) mass is 268 g/mol. The zero-order valence-corrected chi connectivity index (χ0v) is 10.3. The lowest BCUT2D eigenvalue weighted by Gasteiger charge is -1.97. The van der Waals surface area contributed by atoms with E-state index in [4.69, 9.17) is 0 Å². The maximum atomic E-state index is 11.2. The highest BCUT2D eigenvalue weighted by atomic mass is 79.9. The van der Waals surface area contributed by atoms with E-state index in [9.17, 15) is 4.79 Å². The fraction of sp³-hybridized carbons (Fsp3) is 0.182. The van der Waals surface area contributed by atoms with Crippen molar-refractivity contribution in [3.63, 3.8) is 0 Å². The van der Waals surface area contributed by atoms with Crippen LogP contribution in [0.25, 0.3) is 10.1 Å². The average molecular weight is 269 g/mol. The van der Waals surface area contributed by atoms with Gasteiger partial charge in [0.2, 0.25) is 0 Å². The van der Waals surface area contributed by atoms with Crippen LogP contribution in [0.2, 0.25) is 0 Å². The molecule has 3 heteroatoms. The molecule has 0 aliphatic rings. The SMILES string of the molecule is CC(=O)c1cc2c(C)c(Br)ccc2s1. The van der Waals surface area contributed by atoms with Gasteiger partial charge in [0.15, 0.2) is 5.78 Å². The van der Waals surface area contributed by atoms with E-state index in [-0.39, 0.29) is 5.78 Å². The molecule has 0 spiro atoms. The third kappa shape index (κ3) is 1.51. The van der Waals surface area contributed by atoms with Gasteiger partial charge in [-0.05, 0) is 43.0 Å². The second-order valence-electron chi connectivity index (χ2n) is 3.25. The number of aryl methyl sites for hydroxylation is 1. The highest BCUT2D eigenvalue weighted by Gasteiger charge is 2.08. The molecule has 14 heavy (non-hydrogen) atoms. The predicted molar refractivity (Wildman–Crippen MR) is 64.3 cm³/mol. The molecule has 1 aromatic heterocycles. The van der Waals surface area contributed by atoms with Crippen molar-refractivity contribution >= 4 is 43.1 Å². The quantitative estimate of drug-likeness (QED) is 0.710. The van der Waals surface area contributed by atoms with Crippen LogP contribution in [0.15, 0.2) is 22.7 Å². The number of Topliss-reactive ketones (excluding diaryl/α,β-unsaturated/α-hetero) is 1. The van der Waals surface area contributed by atoms with Crippen LogP contribution < -0.4 is 0 Å². The third-order valence-electron chi connectivity index (χ3n) is 2.25. The molecule has 72 valence electrons. The standard InChI is InChI=1S/C11H9BrOS/c1-6-8-5-11(7(2)13)14-10(8)4-3-9(6)12/h3-5H,1-2H3. The third-order valence-corrected chi connectivity index (χ3v) is 4.31. The van der Waals surface area contributed by atoms with Crippen molar-refractivity contribution in [2.24, 2.45) is 0 Å². The molecule has 1 nitrogen and oxygen atoms in total. The van der Waals surface area contributed by atoms with Crippen molar-refractivity contribution in [2.45, 2.75) is 13.8 Å². The molecule has 0 fully saturated rings. The van der Waals surface area contributed by atoms with Gasteiger partial charge in [-0.1, -0.05) is 15.9 Å². The first-order chi connectivity index (χ1) is 6.59. The van der Waals surface area contributed by atoms with Gasteiger partial charge in [0, 0.05) is 9.17 Å². The molecule has 0 saturated carbocycles. The van der Waals surface area contributed by atoms with E-state index in [1.165, 1.54) is 15.6 Å². The zero-order chi connectivity index (χ0) is 10.3. The first-order valence-electron chi connectivity index (χ1n) is 4.29. The van der Waals surface area contributed by atoms with Gasteiger partial charge in [-0.15, -0.1) is 11.3 Å². The summed E-state index contributed by atoms with van der Waals surface area (Å²) in [6, 6.07) is 6.05. The molecule has 2 rings (SSSR count). The highest BCUT2D eigenvalue weighted by molar-refractivity contribution is 9.10. The first-order valence-corrected chi connectivity index (χ1v) is 5.90. The molecular weight excluding hydrogens is 260 g/mol. The lowest BCUT2D eigenvalue weighted by Crippen LogP contribution is -1.83. The van der Waals surface area contributed by atoms with Crippen molar-refractivity contribution in [1.29, 1.82) is 0 Å². The van der Waals surface area contributed by atoms with Gasteiger partial charge in [-0.3, -0.25) is 4.79 Å². The fourth-order valence-corrected chi connectivity index (χ4v) is 2.76. The lowest BCUT2D eigenvalue weighted by atomic mass is 10.1. The number of halogens is 1. The van der Waals surface area contributed by atoms with Crippen LogP contribution in [0, 0.1) is 6.92 Å². The molecule has 0 N–H and O–H groups in total. The number of thiophene rings is 1. The van der Waals surface area contributed by atoms with Crippen LogP contribution in [-0.4, -0.2) is 5.78 Å². The van der Waals surface area contributed by atoms with E-state index in [0.29, 0.717) is 0 Å². The van der Waals surface area contributed by atoms with Gasteiger partial charge in [-0.2, -0.15) is 0 Å². The molecule has 0 amide bonds. The summed E-state index contributed by atoms with van der Waals surface area (Å²) < 4.78 is 2.27. The van der Waals surface area contributed by atoms with Gasteiger partial charge in [0.1, 0.15) is 0 Å². The van der Waals surface area contributed by atoms with E-state index in [2.05, 4.69) is 22.9 Å². The van der Waals surface area contributed by atoms with E-state index in [1.54, 1.807) is 18.3 Å². The maximum Gasteiger partial charge on any atom is 0.169 e. The van der Waals surface area contributed by atoms with Crippen LogP contribution in [-0.2, 0) is 0 Å². The Morgan fingerprint density at radius 3 is 2.79 bits per heavy atom. The summed E-state index contributed by atoms with van der Waals surface area (Å²) >= 11 is 5.04. The number of hydrogen-bond acceptors (Lipinski definition) is 2. The zero-order valence-electron chi connectivity index (χ0n) is 7.93. The Kier molecular flexibility index (Phi) is 2.45. The smallest absolute Gasteiger partial charge is 0.169 e. The summed E-state index contributed by atoms with van der Waals surface area (Å²) in [5.41, 5.74) is 1.20. The molecule has 0 bridgehead atoms. The Morgan fingerprint density at radius 2 is 2.14 bits per heavy atom. The molecule has 0 unspecified atom stereocenters. The summed E-state index contributed by atoms with van der Waals surface area (Å²) in [6.45, 7) is 3.66. The Bertz CT molecular complexity index is 513. The molecular formula is C11H9BrOS. The molecule has 1 heterocycles. The van der Waals surface area contributed by atoms with Crippen molar-refractivity contribution in [3.05, 3.63) is 33.1 Å². The minimum atomic E-state index is 0.140. The summed E-state index contributed by atoms with van der Waals surface area (Å²) in [5.74, 6) is 0.140. The number of hydrogen-bond donors (Lipinski definition) is 0. The minimum Gasteiger partial charge on any atom is -0.294 e. The Hall–Kier alpha value is -0.670. The minimum absolute atomic E-state index is 0.140. The largest absolute Gasteiger partial charge is 0.294 e. The number of carbonyl (C=O) groups is 1. The molecule has 0 aliphatic carbocycles. The summed E-state index contributed by atoms with van der Waals surface area (Å²) in [4.78, 5) is 12.0. The topological polar surface area (TPSA) is 17.1 Å². The predicted octanol–water partition coefficient (Wildman–Crippen LogP) is 4.17. The van der Waals surface area contributed by atoms with E-state index in [1.807, 2.05) is 18.2 Å². The second kappa shape index (κ2) is 3.48. The van der Waals surface area contributed by atoms with Crippen molar-refractivity contribution in [2.75, 3.05) is 0 Å². The number of fused-ring (bicyclic) bond motifs is 1. The highest BCUT2D eigenvalue weighted by Crippen LogP contribution is 2.32. The van der Waals surface area contributed by atoms with Crippen LogP contribution in [0.4, 0.5) is 0 Å². The van der Waals surface area contributed by atoms with Crippen LogP contribution >= 0.6 is 27.3 Å². The Balaban J connectivity index is 2.77. The van der Waals surface area contributed by atoms with Gasteiger partial charge in [-0.25, -0.2) is 0 Å². The van der Waals surface area contributed by atoms with Gasteiger partial charge >= 0.3 is 0 Å². The average Bonchev–Trinajstić information content (AvgIpc) is 2.56. The summed E-state index contributed by atoms with van der Waals surface area (Å²) in [5, 5.41) is 1.18. The normalized spacial score (nSPS) is 10.8. The van der Waals surface area contributed by atoms with Crippen LogP contribution in [0.3, 0.4) is 0 Å². The summed E-state index contributed by atoms with van der Waals surface area (Å²) in [6.07, 6.45) is 0. The van der Waals surface area contributed by atoms with E-state index in [0.717, 1.165) is 9.35 Å². The van der Waals surface area contributed by atoms with Crippen molar-refractivity contribution < 1.29 is 4.79 Å². The van der Waals surface area contributed by atoms with Crippen LogP contribution in [0.1, 0.15) is 22.2 Å². The lowest BCUT2D eigenvalue weighted by molar-refractivity contribution is 0.102. The number of benzene rings is 1. The Labute approximate surface area is 94.9 Å². The first kappa shape index (κ1) is 9.87. The number of rotatable bonds is 1. The fourth-order valence-electron chi connectivity index (χ4n) is 1.40. The number of ketones is 1. The maximum absolute atomic E-state index is 11.2. The second-order valence-corrected chi connectivity index (χ2v) is 5.19. The van der Waals surface area contributed by atoms with Crippen LogP contribution in [0.5, 0.6) is 0 Å². The van der Waals surface area contributed by atoms with Gasteiger partial charge in [0.25, 0.3) is 0 Å². The Morgan fingerprint density at radius 1 is 1.43 bits per heavy atom.